The molecule has 0 aliphatic carbocycles. The van der Waals surface area contributed by atoms with Crippen LogP contribution in [-0.4, -0.2) is 48.2 Å². The van der Waals surface area contributed by atoms with E-state index in [1.807, 2.05) is 24.3 Å². The first-order valence-corrected chi connectivity index (χ1v) is 9.98. The predicted molar refractivity (Wildman–Crippen MR) is 120 cm³/mol. The van der Waals surface area contributed by atoms with Crippen molar-refractivity contribution in [3.8, 4) is 0 Å². The van der Waals surface area contributed by atoms with Gasteiger partial charge in [-0.2, -0.15) is 0 Å². The molecular weight excluding hydrogens is 426 g/mol. The molecule has 166 valence electrons. The molecule has 0 bridgehead atoms. The summed E-state index contributed by atoms with van der Waals surface area (Å²) in [6.45, 7) is 0.736. The molecule has 0 saturated carbocycles. The van der Waals surface area contributed by atoms with E-state index in [-0.39, 0.29) is 34.0 Å². The monoisotopic (exact) mass is 445 g/mol. The largest absolute Gasteiger partial charge is 0.452 e. The number of carbonyl (C=O) groups is 5. The summed E-state index contributed by atoms with van der Waals surface area (Å²) in [7, 11) is 1.38. The van der Waals surface area contributed by atoms with Gasteiger partial charge < -0.3 is 15.4 Å². The Hall–Kier alpha value is -4.53. The van der Waals surface area contributed by atoms with Crippen LogP contribution in [0, 0.1) is 0 Å². The van der Waals surface area contributed by atoms with Gasteiger partial charge in [-0.05, 0) is 41.1 Å². The zero-order chi connectivity index (χ0) is 23.7. The summed E-state index contributed by atoms with van der Waals surface area (Å²) >= 11 is 0. The van der Waals surface area contributed by atoms with Crippen LogP contribution in [0.15, 0.2) is 54.6 Å². The van der Waals surface area contributed by atoms with Gasteiger partial charge in [0.05, 0.1) is 22.4 Å². The van der Waals surface area contributed by atoms with Crippen molar-refractivity contribution in [1.82, 2.24) is 4.90 Å². The maximum atomic E-state index is 12.7. The molecule has 2 N–H and O–H groups in total. The minimum absolute atomic E-state index is 0.112. The second-order valence-electron chi connectivity index (χ2n) is 7.48. The number of benzene rings is 3. The lowest BCUT2D eigenvalue weighted by molar-refractivity contribution is -0.119. The van der Waals surface area contributed by atoms with E-state index in [0.29, 0.717) is 0 Å². The van der Waals surface area contributed by atoms with Crippen molar-refractivity contribution in [2.75, 3.05) is 24.3 Å². The molecule has 1 heterocycles. The number of nitrogens with one attached hydrogen (secondary N) is 2. The lowest BCUT2D eigenvalue weighted by Gasteiger charge is -2.12. The third-order valence-corrected chi connectivity index (χ3v) is 5.12. The Morgan fingerprint density at radius 1 is 0.879 bits per heavy atom. The molecule has 3 aromatic carbocycles. The fourth-order valence-corrected chi connectivity index (χ4v) is 3.55. The summed E-state index contributed by atoms with van der Waals surface area (Å²) < 4.78 is 5.15. The fourth-order valence-electron chi connectivity index (χ4n) is 3.55. The van der Waals surface area contributed by atoms with Gasteiger partial charge in [-0.15, -0.1) is 0 Å². The molecule has 0 unspecified atom stereocenters. The van der Waals surface area contributed by atoms with Crippen molar-refractivity contribution in [3.63, 3.8) is 0 Å². The van der Waals surface area contributed by atoms with Crippen LogP contribution in [0.1, 0.15) is 38.0 Å². The van der Waals surface area contributed by atoms with Crippen molar-refractivity contribution < 1.29 is 28.7 Å². The maximum absolute atomic E-state index is 12.7. The van der Waals surface area contributed by atoms with Crippen molar-refractivity contribution in [3.05, 3.63) is 71.3 Å². The average molecular weight is 445 g/mol. The summed E-state index contributed by atoms with van der Waals surface area (Å²) in [5.74, 6) is -2.63. The molecule has 1 aliphatic rings. The number of nitrogens with zero attached hydrogens (tertiary/aromatic N) is 1. The molecule has 33 heavy (non-hydrogen) atoms. The standard InChI is InChI=1S/C24H19N3O6/c1-13(28)25-20-10-15-6-4-3-5-14(15)9-19(20)24(32)33-12-21(29)26-16-7-8-17-18(11-16)23(31)27(2)22(17)30/h3-11H,12H2,1-2H3,(H,25,28)(H,26,29). The molecule has 1 aliphatic heterocycles. The van der Waals surface area contributed by atoms with Crippen molar-refractivity contribution in [1.29, 1.82) is 0 Å². The van der Waals surface area contributed by atoms with E-state index in [4.69, 9.17) is 4.74 Å². The van der Waals surface area contributed by atoms with Crippen LogP contribution in [0.4, 0.5) is 11.4 Å². The number of esters is 1. The van der Waals surface area contributed by atoms with E-state index < -0.39 is 30.3 Å². The van der Waals surface area contributed by atoms with E-state index >= 15 is 0 Å². The highest BCUT2D eigenvalue weighted by Crippen LogP contribution is 2.26. The van der Waals surface area contributed by atoms with Crippen molar-refractivity contribution >= 4 is 51.7 Å². The molecule has 4 amide bonds. The number of ether oxygens (including phenoxy) is 1. The molecule has 0 fully saturated rings. The average Bonchev–Trinajstić information content (AvgIpc) is 3.00. The Morgan fingerprint density at radius 2 is 1.55 bits per heavy atom. The van der Waals surface area contributed by atoms with Crippen LogP contribution >= 0.6 is 0 Å². The van der Waals surface area contributed by atoms with Crippen molar-refractivity contribution in [2.24, 2.45) is 0 Å². The number of anilines is 2. The van der Waals surface area contributed by atoms with Gasteiger partial charge in [-0.1, -0.05) is 24.3 Å². The highest BCUT2D eigenvalue weighted by atomic mass is 16.5. The van der Waals surface area contributed by atoms with Gasteiger partial charge in [-0.3, -0.25) is 24.1 Å². The van der Waals surface area contributed by atoms with Gasteiger partial charge >= 0.3 is 5.97 Å². The second-order valence-corrected chi connectivity index (χ2v) is 7.48. The molecule has 9 heteroatoms. The molecular formula is C24H19N3O6. The molecule has 0 aromatic heterocycles. The smallest absolute Gasteiger partial charge is 0.340 e. The number of fused-ring (bicyclic) bond motifs is 2. The van der Waals surface area contributed by atoms with E-state index in [1.165, 1.54) is 32.2 Å². The predicted octanol–water partition coefficient (Wildman–Crippen LogP) is 2.82. The van der Waals surface area contributed by atoms with E-state index in [1.54, 1.807) is 12.1 Å². The summed E-state index contributed by atoms with van der Waals surface area (Å²) in [6.07, 6.45) is 0. The van der Waals surface area contributed by atoms with Crippen LogP contribution in [-0.2, 0) is 14.3 Å². The number of rotatable bonds is 5. The van der Waals surface area contributed by atoms with Gasteiger partial charge in [0.15, 0.2) is 6.61 Å². The highest BCUT2D eigenvalue weighted by Gasteiger charge is 2.32. The van der Waals surface area contributed by atoms with Gasteiger partial charge in [-0.25, -0.2) is 4.79 Å². The minimum atomic E-state index is -0.781. The molecule has 4 rings (SSSR count). The fraction of sp³-hybridized carbons (Fsp3) is 0.125. The van der Waals surface area contributed by atoms with Gasteiger partial charge in [0, 0.05) is 19.7 Å². The SMILES string of the molecule is CC(=O)Nc1cc2ccccc2cc1C(=O)OCC(=O)Nc1ccc2c(c1)C(=O)N(C)C2=O. The molecule has 9 nitrogen and oxygen atoms in total. The number of hydrogen-bond donors (Lipinski definition) is 2. The zero-order valence-electron chi connectivity index (χ0n) is 17.8. The maximum Gasteiger partial charge on any atom is 0.340 e. The molecule has 0 spiro atoms. The first kappa shape index (κ1) is 21.7. The normalized spacial score (nSPS) is 12.5. The van der Waals surface area contributed by atoms with Crippen LogP contribution in [0.25, 0.3) is 10.8 Å². The number of imide groups is 1. The Bertz CT molecular complexity index is 1350. The Morgan fingerprint density at radius 3 is 2.24 bits per heavy atom. The summed E-state index contributed by atoms with van der Waals surface area (Å²) in [5, 5.41) is 6.74. The first-order valence-electron chi connectivity index (χ1n) is 9.98. The lowest BCUT2D eigenvalue weighted by Crippen LogP contribution is -2.24. The summed E-state index contributed by atoms with van der Waals surface area (Å²) in [5.41, 5.74) is 1.12. The molecule has 0 saturated heterocycles. The number of hydrogen-bond acceptors (Lipinski definition) is 6. The third kappa shape index (κ3) is 4.29. The number of carbonyl (C=O) groups excluding carboxylic acids is 5. The summed E-state index contributed by atoms with van der Waals surface area (Å²) in [4.78, 5) is 61.6. The Labute approximate surface area is 188 Å². The van der Waals surface area contributed by atoms with Crippen LogP contribution in [0.3, 0.4) is 0 Å². The van der Waals surface area contributed by atoms with Crippen LogP contribution < -0.4 is 10.6 Å². The third-order valence-electron chi connectivity index (χ3n) is 5.12. The van der Waals surface area contributed by atoms with Gasteiger partial charge in [0.2, 0.25) is 5.91 Å². The summed E-state index contributed by atoms with van der Waals surface area (Å²) in [6, 6.07) is 14.9. The van der Waals surface area contributed by atoms with Gasteiger partial charge in [0.25, 0.3) is 17.7 Å². The number of amides is 4. The second kappa shape index (κ2) is 8.54. The topological polar surface area (TPSA) is 122 Å². The lowest BCUT2D eigenvalue weighted by atomic mass is 10.0. The highest BCUT2D eigenvalue weighted by molar-refractivity contribution is 6.21. The first-order chi connectivity index (χ1) is 15.7. The Kier molecular flexibility index (Phi) is 5.61. The minimum Gasteiger partial charge on any atom is -0.452 e. The zero-order valence-corrected chi connectivity index (χ0v) is 17.8. The van der Waals surface area contributed by atoms with Crippen LogP contribution in [0.2, 0.25) is 0 Å². The van der Waals surface area contributed by atoms with Crippen molar-refractivity contribution in [2.45, 2.75) is 6.92 Å². The van der Waals surface area contributed by atoms with E-state index in [9.17, 15) is 24.0 Å². The molecule has 3 aromatic rings. The molecule has 0 radical (unpaired) electrons. The van der Waals surface area contributed by atoms with E-state index in [0.717, 1.165) is 15.7 Å². The quantitative estimate of drug-likeness (QED) is 0.460. The molecule has 0 atom stereocenters. The Balaban J connectivity index is 1.47. The van der Waals surface area contributed by atoms with E-state index in [2.05, 4.69) is 10.6 Å². The van der Waals surface area contributed by atoms with Gasteiger partial charge in [0.1, 0.15) is 0 Å². The van der Waals surface area contributed by atoms with Crippen LogP contribution in [0.5, 0.6) is 0 Å².